The molecule has 2 aromatic carbocycles. The number of rotatable bonds is 4. The molecule has 0 aliphatic carbocycles. The molecule has 0 atom stereocenters. The molecule has 0 aliphatic rings. The van der Waals surface area contributed by atoms with Crippen molar-refractivity contribution in [3.63, 3.8) is 0 Å². The molecular formula is C20H20. The van der Waals surface area contributed by atoms with Gasteiger partial charge in [0.15, 0.2) is 0 Å². The summed E-state index contributed by atoms with van der Waals surface area (Å²) in [5.74, 6) is 6.41. The Morgan fingerprint density at radius 2 is 1.75 bits per heavy atom. The molecule has 0 radical (unpaired) electrons. The third-order valence-electron chi connectivity index (χ3n) is 3.25. The summed E-state index contributed by atoms with van der Waals surface area (Å²) in [6.07, 6.45) is 5.49. The zero-order valence-electron chi connectivity index (χ0n) is 12.0. The largest absolute Gasteiger partial charge is 0.0985 e. The Morgan fingerprint density at radius 3 is 2.45 bits per heavy atom. The average molecular weight is 260 g/mol. The number of aryl methyl sites for hydroxylation is 1. The molecule has 2 aromatic rings. The summed E-state index contributed by atoms with van der Waals surface area (Å²) >= 11 is 0. The lowest BCUT2D eigenvalue weighted by molar-refractivity contribution is 0.795. The Balaban J connectivity index is 2.09. The van der Waals surface area contributed by atoms with Crippen molar-refractivity contribution < 1.29 is 0 Å². The maximum atomic E-state index is 3.78. The summed E-state index contributed by atoms with van der Waals surface area (Å²) in [5, 5.41) is 0. The summed E-state index contributed by atoms with van der Waals surface area (Å²) in [5.41, 5.74) is 4.59. The van der Waals surface area contributed by atoms with Gasteiger partial charge < -0.3 is 0 Å². The van der Waals surface area contributed by atoms with Crippen LogP contribution >= 0.6 is 0 Å². The van der Waals surface area contributed by atoms with Crippen LogP contribution < -0.4 is 0 Å². The first-order chi connectivity index (χ1) is 9.81. The Hall–Kier alpha value is -2.26. The van der Waals surface area contributed by atoms with E-state index in [0.29, 0.717) is 0 Å². The summed E-state index contributed by atoms with van der Waals surface area (Å²) in [6.45, 7) is 6.00. The van der Waals surface area contributed by atoms with Gasteiger partial charge in [-0.1, -0.05) is 62.1 Å². The third kappa shape index (κ3) is 4.14. The van der Waals surface area contributed by atoms with E-state index in [-0.39, 0.29) is 0 Å². The molecule has 0 amide bonds. The molecule has 0 aromatic heterocycles. The first-order valence-electron chi connectivity index (χ1n) is 7.15. The van der Waals surface area contributed by atoms with E-state index in [1.807, 2.05) is 24.3 Å². The normalized spacial score (nSPS) is 9.65. The number of hydrogen-bond donors (Lipinski definition) is 0. The molecule has 0 spiro atoms. The van der Waals surface area contributed by atoms with Crippen molar-refractivity contribution in [3.8, 4) is 11.8 Å². The van der Waals surface area contributed by atoms with Gasteiger partial charge in [-0.25, -0.2) is 0 Å². The van der Waals surface area contributed by atoms with Gasteiger partial charge in [-0.3, -0.25) is 0 Å². The maximum absolute atomic E-state index is 3.78. The van der Waals surface area contributed by atoms with Crippen molar-refractivity contribution in [2.75, 3.05) is 0 Å². The molecule has 0 heteroatoms. The fourth-order valence-electron chi connectivity index (χ4n) is 2.02. The molecule has 0 aliphatic heterocycles. The van der Waals surface area contributed by atoms with Crippen LogP contribution in [0.4, 0.5) is 0 Å². The summed E-state index contributed by atoms with van der Waals surface area (Å²) in [6, 6.07) is 16.7. The topological polar surface area (TPSA) is 0 Å². The summed E-state index contributed by atoms with van der Waals surface area (Å²) in [7, 11) is 0. The van der Waals surface area contributed by atoms with Crippen molar-refractivity contribution in [1.82, 2.24) is 0 Å². The summed E-state index contributed by atoms with van der Waals surface area (Å²) < 4.78 is 0. The summed E-state index contributed by atoms with van der Waals surface area (Å²) in [4.78, 5) is 0. The lowest BCUT2D eigenvalue weighted by Gasteiger charge is -1.99. The van der Waals surface area contributed by atoms with E-state index in [1.54, 1.807) is 0 Å². The van der Waals surface area contributed by atoms with Gasteiger partial charge in [0.1, 0.15) is 0 Å². The van der Waals surface area contributed by atoms with Crippen LogP contribution in [0.3, 0.4) is 0 Å². The molecule has 0 unspecified atom stereocenters. The van der Waals surface area contributed by atoms with Gasteiger partial charge in [0.05, 0.1) is 0 Å². The van der Waals surface area contributed by atoms with E-state index < -0.39 is 0 Å². The number of unbranched alkanes of at least 4 members (excludes halogenated alkanes) is 1. The molecule has 0 saturated carbocycles. The highest BCUT2D eigenvalue weighted by atomic mass is 14.0. The second-order valence-corrected chi connectivity index (χ2v) is 4.88. The van der Waals surface area contributed by atoms with E-state index in [4.69, 9.17) is 0 Å². The number of hydrogen-bond acceptors (Lipinski definition) is 0. The Labute approximate surface area is 122 Å². The van der Waals surface area contributed by atoms with Gasteiger partial charge in [-0.15, -0.1) is 0 Å². The molecule has 2 rings (SSSR count). The third-order valence-corrected chi connectivity index (χ3v) is 3.25. The molecular weight excluding hydrogens is 240 g/mol. The Kier molecular flexibility index (Phi) is 5.21. The second kappa shape index (κ2) is 7.36. The van der Waals surface area contributed by atoms with Crippen LogP contribution in [0, 0.1) is 11.8 Å². The zero-order valence-corrected chi connectivity index (χ0v) is 12.0. The Morgan fingerprint density at radius 1 is 1.00 bits per heavy atom. The zero-order chi connectivity index (χ0) is 14.2. The van der Waals surface area contributed by atoms with E-state index >= 15 is 0 Å². The van der Waals surface area contributed by atoms with E-state index in [9.17, 15) is 0 Å². The molecule has 20 heavy (non-hydrogen) atoms. The van der Waals surface area contributed by atoms with Gasteiger partial charge in [0, 0.05) is 11.1 Å². The average Bonchev–Trinajstić information content (AvgIpc) is 2.52. The van der Waals surface area contributed by atoms with Crippen LogP contribution in [-0.4, -0.2) is 0 Å². The molecule has 0 nitrogen and oxygen atoms in total. The van der Waals surface area contributed by atoms with Gasteiger partial charge in [0.25, 0.3) is 0 Å². The predicted octanol–water partition coefficient (Wildman–Crippen LogP) is 5.07. The van der Waals surface area contributed by atoms with Crippen LogP contribution in [0.25, 0.3) is 6.08 Å². The fraction of sp³-hybridized carbons (Fsp3) is 0.200. The van der Waals surface area contributed by atoms with E-state index in [0.717, 1.165) is 23.1 Å². The molecule has 0 saturated heterocycles. The van der Waals surface area contributed by atoms with Crippen molar-refractivity contribution >= 4 is 6.08 Å². The quantitative estimate of drug-likeness (QED) is 0.673. The minimum absolute atomic E-state index is 1.03. The van der Waals surface area contributed by atoms with E-state index in [2.05, 4.69) is 55.7 Å². The van der Waals surface area contributed by atoms with Crippen LogP contribution in [0.2, 0.25) is 0 Å². The first kappa shape index (κ1) is 14.2. The van der Waals surface area contributed by atoms with Crippen LogP contribution in [-0.2, 0) is 6.42 Å². The highest BCUT2D eigenvalue weighted by Crippen LogP contribution is 2.08. The maximum Gasteiger partial charge on any atom is 0.0254 e. The van der Waals surface area contributed by atoms with Crippen LogP contribution in [0.5, 0.6) is 0 Å². The molecule has 0 fully saturated rings. The van der Waals surface area contributed by atoms with Gasteiger partial charge in [-0.05, 0) is 48.2 Å². The molecule has 0 bridgehead atoms. The minimum atomic E-state index is 1.03. The van der Waals surface area contributed by atoms with Crippen molar-refractivity contribution in [3.05, 3.63) is 77.4 Å². The Bertz CT molecular complexity index is 621. The van der Waals surface area contributed by atoms with Crippen LogP contribution in [0.15, 0.2) is 55.1 Å². The highest BCUT2D eigenvalue weighted by molar-refractivity contribution is 5.52. The van der Waals surface area contributed by atoms with Crippen molar-refractivity contribution in [1.29, 1.82) is 0 Å². The first-order valence-corrected chi connectivity index (χ1v) is 7.15. The van der Waals surface area contributed by atoms with Gasteiger partial charge >= 0.3 is 0 Å². The monoisotopic (exact) mass is 260 g/mol. The van der Waals surface area contributed by atoms with E-state index in [1.165, 1.54) is 18.4 Å². The lowest BCUT2D eigenvalue weighted by atomic mass is 10.1. The minimum Gasteiger partial charge on any atom is -0.0985 e. The van der Waals surface area contributed by atoms with Gasteiger partial charge in [-0.2, -0.15) is 0 Å². The van der Waals surface area contributed by atoms with Gasteiger partial charge in [0.2, 0.25) is 0 Å². The second-order valence-electron chi connectivity index (χ2n) is 4.88. The molecule has 0 N–H and O–H groups in total. The SMILES string of the molecule is C=Cc1cccc(C#Cc2ccc(CCCC)cc2)c1. The standard InChI is InChI=1S/C20H20/c1-3-5-7-18-10-12-19(13-11-18)14-15-20-9-6-8-17(4-2)16-20/h4,6,8-13,16H,2-3,5,7H2,1H3. The van der Waals surface area contributed by atoms with Crippen molar-refractivity contribution in [2.24, 2.45) is 0 Å². The molecule has 100 valence electrons. The van der Waals surface area contributed by atoms with Crippen molar-refractivity contribution in [2.45, 2.75) is 26.2 Å². The fourth-order valence-corrected chi connectivity index (χ4v) is 2.02. The molecule has 0 heterocycles. The lowest BCUT2D eigenvalue weighted by Crippen LogP contribution is -1.84. The highest BCUT2D eigenvalue weighted by Gasteiger charge is 1.93. The number of benzene rings is 2. The predicted molar refractivity (Wildman–Crippen MR) is 87.6 cm³/mol. The van der Waals surface area contributed by atoms with Crippen LogP contribution in [0.1, 0.15) is 42.0 Å². The smallest absolute Gasteiger partial charge is 0.0254 e.